The minimum Gasteiger partial charge on any atom is -0.357 e. The summed E-state index contributed by atoms with van der Waals surface area (Å²) < 4.78 is 55.0. The molecule has 8 nitrogen and oxygen atoms in total. The van der Waals surface area contributed by atoms with E-state index >= 15 is 0 Å². The Labute approximate surface area is 222 Å². The van der Waals surface area contributed by atoms with Crippen LogP contribution in [0.4, 0.5) is 23.4 Å². The molecule has 0 saturated carbocycles. The van der Waals surface area contributed by atoms with E-state index in [1.807, 2.05) is 0 Å². The van der Waals surface area contributed by atoms with Crippen LogP contribution in [-0.4, -0.2) is 60.6 Å². The first kappa shape index (κ1) is 27.8. The van der Waals surface area contributed by atoms with Crippen LogP contribution in [-0.2, 0) is 21.3 Å². The van der Waals surface area contributed by atoms with E-state index in [1.54, 1.807) is 0 Å². The number of amides is 2. The SMILES string of the molecule is CNC(=O)C1(c2ccc(F)c(Cl)c2)CC(C(=O)NCCN2CCCC2)=NN1c1cc(C(F)(F)F)cc(C)n1. The number of hydrogen-bond acceptors (Lipinski definition) is 6. The van der Waals surface area contributed by atoms with Crippen molar-refractivity contribution >= 4 is 34.9 Å². The third-order valence-corrected chi connectivity index (χ3v) is 6.95. The zero-order valence-corrected chi connectivity index (χ0v) is 21.6. The summed E-state index contributed by atoms with van der Waals surface area (Å²) in [4.78, 5) is 33.0. The largest absolute Gasteiger partial charge is 0.416 e. The molecule has 1 aromatic carbocycles. The number of likely N-dealkylation sites (N-methyl/N-ethyl adjacent to an activating group) is 1. The Morgan fingerprint density at radius 1 is 1.16 bits per heavy atom. The van der Waals surface area contributed by atoms with E-state index in [0.717, 1.165) is 49.1 Å². The first-order valence-corrected chi connectivity index (χ1v) is 12.5. The van der Waals surface area contributed by atoms with Crippen LogP contribution in [0.25, 0.3) is 0 Å². The summed E-state index contributed by atoms with van der Waals surface area (Å²) in [5.41, 5.74) is -2.80. The maximum atomic E-state index is 14.0. The van der Waals surface area contributed by atoms with Crippen molar-refractivity contribution in [2.75, 3.05) is 38.2 Å². The lowest BCUT2D eigenvalue weighted by Crippen LogP contribution is -2.52. The number of halogens is 5. The Morgan fingerprint density at radius 2 is 1.87 bits per heavy atom. The maximum absolute atomic E-state index is 14.0. The van der Waals surface area contributed by atoms with E-state index in [0.29, 0.717) is 13.1 Å². The normalized spacial score (nSPS) is 20.0. The van der Waals surface area contributed by atoms with Crippen LogP contribution < -0.4 is 15.6 Å². The minimum absolute atomic E-state index is 0.0245. The molecule has 204 valence electrons. The highest BCUT2D eigenvalue weighted by Gasteiger charge is 2.53. The smallest absolute Gasteiger partial charge is 0.357 e. The van der Waals surface area contributed by atoms with Crippen molar-refractivity contribution in [2.45, 2.75) is 37.9 Å². The fourth-order valence-electron chi connectivity index (χ4n) is 4.78. The van der Waals surface area contributed by atoms with Crippen molar-refractivity contribution < 1.29 is 27.2 Å². The number of rotatable bonds is 7. The molecular weight excluding hydrogens is 528 g/mol. The first-order valence-electron chi connectivity index (χ1n) is 12.1. The van der Waals surface area contributed by atoms with Crippen molar-refractivity contribution in [2.24, 2.45) is 5.10 Å². The van der Waals surface area contributed by atoms with Crippen LogP contribution in [0.5, 0.6) is 0 Å². The summed E-state index contributed by atoms with van der Waals surface area (Å²) >= 11 is 6.02. The molecule has 13 heteroatoms. The highest BCUT2D eigenvalue weighted by molar-refractivity contribution is 6.40. The van der Waals surface area contributed by atoms with Crippen molar-refractivity contribution in [1.29, 1.82) is 0 Å². The molecule has 1 aromatic heterocycles. The number of likely N-dealkylation sites (tertiary alicyclic amines) is 1. The van der Waals surface area contributed by atoms with E-state index < -0.39 is 34.9 Å². The van der Waals surface area contributed by atoms with Gasteiger partial charge in [-0.15, -0.1) is 0 Å². The molecule has 2 aliphatic heterocycles. The molecule has 1 atom stereocenters. The molecule has 1 unspecified atom stereocenters. The second kappa shape index (κ2) is 10.9. The van der Waals surface area contributed by atoms with Gasteiger partial charge in [-0.1, -0.05) is 17.7 Å². The molecule has 0 bridgehead atoms. The topological polar surface area (TPSA) is 89.9 Å². The Morgan fingerprint density at radius 3 is 2.50 bits per heavy atom. The van der Waals surface area contributed by atoms with Gasteiger partial charge in [-0.3, -0.25) is 9.59 Å². The summed E-state index contributed by atoms with van der Waals surface area (Å²) in [6.45, 7) is 4.22. The number of aryl methyl sites for hydroxylation is 1. The van der Waals surface area contributed by atoms with Crippen LogP contribution in [0.3, 0.4) is 0 Å². The third-order valence-electron chi connectivity index (χ3n) is 6.66. The van der Waals surface area contributed by atoms with Gasteiger partial charge in [0.15, 0.2) is 11.4 Å². The van der Waals surface area contributed by atoms with Gasteiger partial charge < -0.3 is 15.5 Å². The summed E-state index contributed by atoms with van der Waals surface area (Å²) in [6, 6.07) is 5.15. The zero-order valence-electron chi connectivity index (χ0n) is 20.8. The number of benzene rings is 1. The summed E-state index contributed by atoms with van der Waals surface area (Å²) in [5, 5.41) is 10.3. The van der Waals surface area contributed by atoms with Gasteiger partial charge in [0.25, 0.3) is 11.8 Å². The zero-order chi connectivity index (χ0) is 27.7. The summed E-state index contributed by atoms with van der Waals surface area (Å²) in [7, 11) is 1.34. The predicted molar refractivity (Wildman–Crippen MR) is 134 cm³/mol. The second-order valence-corrected chi connectivity index (χ2v) is 9.67. The average molecular weight is 555 g/mol. The lowest BCUT2D eigenvalue weighted by molar-refractivity contribution is -0.137. The predicted octanol–water partition coefficient (Wildman–Crippen LogP) is 3.62. The van der Waals surface area contributed by atoms with Gasteiger partial charge in [0.05, 0.1) is 10.6 Å². The molecule has 2 amide bonds. The molecule has 1 saturated heterocycles. The fraction of sp³-hybridized carbons (Fsp3) is 0.440. The number of pyridine rings is 1. The highest BCUT2D eigenvalue weighted by Crippen LogP contribution is 2.43. The molecular formula is C25H27ClF4N6O2. The van der Waals surface area contributed by atoms with Crippen molar-refractivity contribution in [1.82, 2.24) is 20.5 Å². The van der Waals surface area contributed by atoms with Crippen molar-refractivity contribution in [3.05, 3.63) is 58.0 Å². The standard InChI is InChI=1S/C25H27ClF4N6O2/c1-15-11-17(25(28,29)30)13-21(33-15)36-24(23(38)31-2,16-5-6-19(27)18(26)12-16)14-20(34-36)22(37)32-7-10-35-8-3-4-9-35/h5-6,11-13H,3-4,7-10,14H2,1-2H3,(H,31,38)(H,32,37). The molecule has 4 rings (SSSR count). The van der Waals surface area contributed by atoms with Gasteiger partial charge in [0, 0.05) is 32.3 Å². The fourth-order valence-corrected chi connectivity index (χ4v) is 4.96. The number of nitrogens with one attached hydrogen (secondary N) is 2. The second-order valence-electron chi connectivity index (χ2n) is 9.26. The number of carbonyl (C=O) groups is 2. The highest BCUT2D eigenvalue weighted by atomic mass is 35.5. The monoisotopic (exact) mass is 554 g/mol. The van der Waals surface area contributed by atoms with Crippen LogP contribution >= 0.6 is 11.6 Å². The van der Waals surface area contributed by atoms with E-state index in [2.05, 4.69) is 25.6 Å². The number of alkyl halides is 3. The van der Waals surface area contributed by atoms with Crippen LogP contribution in [0.2, 0.25) is 5.02 Å². The summed E-state index contributed by atoms with van der Waals surface area (Å²) in [5.74, 6) is -2.32. The minimum atomic E-state index is -4.70. The number of carbonyl (C=O) groups excluding carboxylic acids is 2. The van der Waals surface area contributed by atoms with Crippen LogP contribution in [0.15, 0.2) is 35.4 Å². The third kappa shape index (κ3) is 5.46. The molecule has 2 aliphatic rings. The van der Waals surface area contributed by atoms with Gasteiger partial charge in [0.1, 0.15) is 11.5 Å². The number of aromatic nitrogens is 1. The molecule has 2 aromatic rings. The molecule has 38 heavy (non-hydrogen) atoms. The first-order chi connectivity index (χ1) is 18.0. The molecule has 3 heterocycles. The van der Waals surface area contributed by atoms with Crippen molar-refractivity contribution in [3.8, 4) is 0 Å². The summed E-state index contributed by atoms with van der Waals surface area (Å²) in [6.07, 6.45) is -2.83. The number of nitrogens with zero attached hydrogens (tertiary/aromatic N) is 4. The number of hydrazone groups is 1. The van der Waals surface area contributed by atoms with Gasteiger partial charge in [-0.05, 0) is 62.7 Å². The van der Waals surface area contributed by atoms with E-state index in [-0.39, 0.29) is 34.2 Å². The number of anilines is 1. The number of hydrogen-bond donors (Lipinski definition) is 2. The Balaban J connectivity index is 1.79. The van der Waals surface area contributed by atoms with Gasteiger partial charge in [-0.2, -0.15) is 18.3 Å². The lowest BCUT2D eigenvalue weighted by Gasteiger charge is -2.36. The van der Waals surface area contributed by atoms with E-state index in [9.17, 15) is 27.2 Å². The Kier molecular flexibility index (Phi) is 7.93. The molecule has 0 aliphatic carbocycles. The Hall–Kier alpha value is -3.25. The molecule has 2 N–H and O–H groups in total. The van der Waals surface area contributed by atoms with Crippen molar-refractivity contribution in [3.63, 3.8) is 0 Å². The lowest BCUT2D eigenvalue weighted by atomic mass is 9.83. The Bertz CT molecular complexity index is 1260. The van der Waals surface area contributed by atoms with Crippen LogP contribution in [0, 0.1) is 12.7 Å². The molecule has 1 fully saturated rings. The molecule has 0 spiro atoms. The van der Waals surface area contributed by atoms with Gasteiger partial charge in [-0.25, -0.2) is 14.4 Å². The average Bonchev–Trinajstić information content (AvgIpc) is 3.53. The van der Waals surface area contributed by atoms with Crippen LogP contribution in [0.1, 0.15) is 36.1 Å². The van der Waals surface area contributed by atoms with Gasteiger partial charge >= 0.3 is 6.18 Å². The van der Waals surface area contributed by atoms with Gasteiger partial charge in [0.2, 0.25) is 0 Å². The van der Waals surface area contributed by atoms with E-state index in [4.69, 9.17) is 11.6 Å². The quantitative estimate of drug-likeness (QED) is 0.510. The molecule has 0 radical (unpaired) electrons. The maximum Gasteiger partial charge on any atom is 0.416 e. The van der Waals surface area contributed by atoms with E-state index in [1.165, 1.54) is 26.1 Å².